The lowest BCUT2D eigenvalue weighted by Crippen LogP contribution is -2.46. The molecule has 0 fully saturated rings. The van der Waals surface area contributed by atoms with Crippen molar-refractivity contribution < 1.29 is 24.2 Å². The first-order valence-electron chi connectivity index (χ1n) is 15.9. The lowest BCUT2D eigenvalue weighted by molar-refractivity contribution is -0.139. The van der Waals surface area contributed by atoms with Crippen LogP contribution in [0.4, 0.5) is 4.79 Å². The Labute approximate surface area is 275 Å². The van der Waals surface area contributed by atoms with Gasteiger partial charge in [0.05, 0.1) is 12.6 Å². The van der Waals surface area contributed by atoms with Gasteiger partial charge in [-0.05, 0) is 70.5 Å². The van der Waals surface area contributed by atoms with E-state index in [0.717, 1.165) is 44.7 Å². The Morgan fingerprint density at radius 2 is 1.23 bits per heavy atom. The minimum atomic E-state index is -1.11. The summed E-state index contributed by atoms with van der Waals surface area (Å²) in [5.41, 5.74) is 6.84. The Morgan fingerprint density at radius 1 is 0.723 bits per heavy atom. The van der Waals surface area contributed by atoms with Gasteiger partial charge in [0.15, 0.2) is 0 Å². The summed E-state index contributed by atoms with van der Waals surface area (Å²) in [7, 11) is 1.64. The molecule has 0 heterocycles. The predicted molar refractivity (Wildman–Crippen MR) is 183 cm³/mol. The monoisotopic (exact) mass is 626 g/mol. The van der Waals surface area contributed by atoms with E-state index in [1.807, 2.05) is 97.1 Å². The van der Waals surface area contributed by atoms with Gasteiger partial charge in [0.2, 0.25) is 0 Å². The summed E-state index contributed by atoms with van der Waals surface area (Å²) >= 11 is 0. The molecule has 0 bridgehead atoms. The van der Waals surface area contributed by atoms with Gasteiger partial charge < -0.3 is 19.9 Å². The lowest BCUT2D eigenvalue weighted by Gasteiger charge is -2.37. The van der Waals surface area contributed by atoms with Gasteiger partial charge in [-0.15, -0.1) is 0 Å². The van der Waals surface area contributed by atoms with Crippen LogP contribution in [0, 0.1) is 0 Å². The summed E-state index contributed by atoms with van der Waals surface area (Å²) in [4.78, 5) is 25.2. The highest BCUT2D eigenvalue weighted by atomic mass is 16.5. The highest BCUT2D eigenvalue weighted by Gasteiger charge is 2.36. The number of alkyl carbamates (subject to hydrolysis) is 1. The van der Waals surface area contributed by atoms with Gasteiger partial charge in [-0.3, -0.25) is 5.32 Å². The Kier molecular flexibility index (Phi) is 9.64. The van der Waals surface area contributed by atoms with Crippen molar-refractivity contribution in [2.75, 3.05) is 20.3 Å². The number of hydrogen-bond acceptors (Lipinski definition) is 5. The molecule has 0 radical (unpaired) electrons. The van der Waals surface area contributed by atoms with Crippen LogP contribution in [-0.4, -0.2) is 43.5 Å². The molecular formula is C40H38N2O5. The third kappa shape index (κ3) is 6.62. The summed E-state index contributed by atoms with van der Waals surface area (Å²) in [5.74, 6) is -0.457. The van der Waals surface area contributed by atoms with Crippen molar-refractivity contribution in [1.82, 2.24) is 10.6 Å². The van der Waals surface area contributed by atoms with E-state index >= 15 is 0 Å². The van der Waals surface area contributed by atoms with Crippen LogP contribution < -0.4 is 15.4 Å². The van der Waals surface area contributed by atoms with Gasteiger partial charge in [0.1, 0.15) is 18.4 Å². The van der Waals surface area contributed by atoms with Crippen LogP contribution in [0.3, 0.4) is 0 Å². The molecule has 5 aromatic carbocycles. The zero-order valence-corrected chi connectivity index (χ0v) is 26.3. The molecule has 1 aliphatic rings. The zero-order chi connectivity index (χ0) is 32.6. The van der Waals surface area contributed by atoms with E-state index in [0.29, 0.717) is 13.0 Å². The van der Waals surface area contributed by atoms with Gasteiger partial charge in [-0.1, -0.05) is 121 Å². The molecule has 0 aliphatic heterocycles. The van der Waals surface area contributed by atoms with Crippen molar-refractivity contribution in [1.29, 1.82) is 0 Å². The summed E-state index contributed by atoms with van der Waals surface area (Å²) in [6.07, 6.45) is -0.0409. The topological polar surface area (TPSA) is 96.9 Å². The second-order valence-corrected chi connectivity index (χ2v) is 11.6. The van der Waals surface area contributed by atoms with Crippen molar-refractivity contribution >= 4 is 12.1 Å². The number of aliphatic carboxylic acids is 1. The maximum absolute atomic E-state index is 12.9. The molecule has 238 valence electrons. The molecule has 0 saturated heterocycles. The molecule has 7 heteroatoms. The number of methoxy groups -OCH3 is 1. The van der Waals surface area contributed by atoms with Crippen molar-refractivity contribution in [3.05, 3.63) is 161 Å². The number of amides is 1. The number of ether oxygens (including phenoxy) is 2. The number of hydrogen-bond donors (Lipinski definition) is 3. The molecule has 1 aliphatic carbocycles. The molecular weight excluding hydrogens is 588 g/mol. The zero-order valence-electron chi connectivity index (χ0n) is 26.3. The number of carbonyl (C=O) groups is 2. The average Bonchev–Trinajstić information content (AvgIpc) is 3.44. The fourth-order valence-corrected chi connectivity index (χ4v) is 6.65. The van der Waals surface area contributed by atoms with Crippen molar-refractivity contribution in [3.8, 4) is 16.9 Å². The van der Waals surface area contributed by atoms with E-state index in [9.17, 15) is 14.7 Å². The first-order valence-corrected chi connectivity index (χ1v) is 15.9. The highest BCUT2D eigenvalue weighted by molar-refractivity contribution is 5.81. The van der Waals surface area contributed by atoms with Crippen LogP contribution in [-0.2, 0) is 15.1 Å². The summed E-state index contributed by atoms with van der Waals surface area (Å²) in [6.45, 7) is 0.595. The third-order valence-corrected chi connectivity index (χ3v) is 8.93. The highest BCUT2D eigenvalue weighted by Crippen LogP contribution is 2.44. The van der Waals surface area contributed by atoms with Gasteiger partial charge in [-0.25, -0.2) is 9.59 Å². The number of nitrogens with one attached hydrogen (secondary N) is 2. The van der Waals surface area contributed by atoms with Gasteiger partial charge >= 0.3 is 12.1 Å². The van der Waals surface area contributed by atoms with E-state index in [1.54, 1.807) is 7.11 Å². The van der Waals surface area contributed by atoms with Crippen molar-refractivity contribution in [2.45, 2.75) is 30.3 Å². The number of fused-ring (bicyclic) bond motifs is 3. The van der Waals surface area contributed by atoms with E-state index in [-0.39, 0.29) is 18.9 Å². The minimum Gasteiger partial charge on any atom is -0.497 e. The van der Waals surface area contributed by atoms with Crippen LogP contribution in [0.5, 0.6) is 5.75 Å². The fourth-order valence-electron chi connectivity index (χ4n) is 6.65. The van der Waals surface area contributed by atoms with Gasteiger partial charge in [0.25, 0.3) is 0 Å². The van der Waals surface area contributed by atoms with Crippen LogP contribution in [0.25, 0.3) is 11.1 Å². The SMILES string of the molecule is COc1ccc(C(NCCC[C@H](NC(=O)OCC2c3ccccc3-c3ccccc32)C(=O)O)(c2ccccc2)c2ccccc2)cc1. The first kappa shape index (κ1) is 31.6. The summed E-state index contributed by atoms with van der Waals surface area (Å²) in [5, 5.41) is 16.4. The Balaban J connectivity index is 1.14. The Hall–Kier alpha value is -5.40. The average molecular weight is 627 g/mol. The molecule has 6 rings (SSSR count). The van der Waals surface area contributed by atoms with Gasteiger partial charge in [0, 0.05) is 5.92 Å². The summed E-state index contributed by atoms with van der Waals surface area (Å²) < 4.78 is 11.1. The smallest absolute Gasteiger partial charge is 0.407 e. The molecule has 47 heavy (non-hydrogen) atoms. The van der Waals surface area contributed by atoms with E-state index in [4.69, 9.17) is 9.47 Å². The maximum Gasteiger partial charge on any atom is 0.407 e. The Morgan fingerprint density at radius 3 is 1.77 bits per heavy atom. The molecule has 0 saturated carbocycles. The number of rotatable bonds is 13. The van der Waals surface area contributed by atoms with Crippen LogP contribution in [0.15, 0.2) is 133 Å². The number of carbonyl (C=O) groups excluding carboxylic acids is 1. The van der Waals surface area contributed by atoms with E-state index in [1.165, 1.54) is 0 Å². The molecule has 0 unspecified atom stereocenters. The predicted octanol–water partition coefficient (Wildman–Crippen LogP) is 7.35. The molecule has 7 nitrogen and oxygen atoms in total. The molecule has 3 N–H and O–H groups in total. The van der Waals surface area contributed by atoms with E-state index in [2.05, 4.69) is 47.0 Å². The third-order valence-electron chi connectivity index (χ3n) is 8.93. The van der Waals surface area contributed by atoms with E-state index < -0.39 is 23.6 Å². The lowest BCUT2D eigenvalue weighted by atomic mass is 9.77. The number of carboxylic acid groups (broad SMARTS) is 1. The summed E-state index contributed by atoms with van der Waals surface area (Å²) in [6, 6.07) is 43.4. The molecule has 0 spiro atoms. The minimum absolute atomic E-state index is 0.109. The molecule has 1 atom stereocenters. The van der Waals surface area contributed by atoms with Crippen LogP contribution in [0.1, 0.15) is 46.6 Å². The maximum atomic E-state index is 12.9. The largest absolute Gasteiger partial charge is 0.497 e. The molecule has 5 aromatic rings. The second-order valence-electron chi connectivity index (χ2n) is 11.6. The van der Waals surface area contributed by atoms with Gasteiger partial charge in [-0.2, -0.15) is 0 Å². The van der Waals surface area contributed by atoms with Crippen LogP contribution >= 0.6 is 0 Å². The fraction of sp³-hybridized carbons (Fsp3) is 0.200. The standard InChI is InChI=1S/C40H38N2O5/c1-46-31-24-22-30(23-25-31)40(28-13-4-2-5-14-28,29-15-6-3-7-16-29)41-26-12-21-37(38(43)44)42-39(45)47-27-36-34-19-10-8-17-32(34)33-18-9-11-20-35(33)36/h2-11,13-20,22-25,36-37,41H,12,21,26-27H2,1H3,(H,42,45)(H,43,44)/t37-/m0/s1. The van der Waals surface area contributed by atoms with Crippen molar-refractivity contribution in [2.24, 2.45) is 0 Å². The Bertz CT molecular complexity index is 1720. The quantitative estimate of drug-likeness (QED) is 0.0935. The number of benzene rings is 5. The normalized spacial score (nSPS) is 12.9. The van der Waals surface area contributed by atoms with Crippen LogP contribution in [0.2, 0.25) is 0 Å². The molecule has 1 amide bonds. The molecule has 0 aromatic heterocycles. The van der Waals surface area contributed by atoms with Crippen molar-refractivity contribution in [3.63, 3.8) is 0 Å². The second kappa shape index (κ2) is 14.4. The number of carboxylic acids is 1. The first-order chi connectivity index (χ1) is 23.0.